The monoisotopic (exact) mass is 410 g/mol. The van der Waals surface area contributed by atoms with Gasteiger partial charge in [-0.25, -0.2) is 9.59 Å². The first-order chi connectivity index (χ1) is 14.5. The first kappa shape index (κ1) is 21.4. The summed E-state index contributed by atoms with van der Waals surface area (Å²) in [7, 11) is 1.31. The lowest BCUT2D eigenvalue weighted by Gasteiger charge is -2.29. The van der Waals surface area contributed by atoms with Gasteiger partial charge in [0, 0.05) is 0 Å². The van der Waals surface area contributed by atoms with Gasteiger partial charge < -0.3 is 19.7 Å². The highest BCUT2D eigenvalue weighted by Gasteiger charge is 2.42. The minimum absolute atomic E-state index is 0.112. The second kappa shape index (κ2) is 9.91. The van der Waals surface area contributed by atoms with Gasteiger partial charge in [-0.2, -0.15) is 0 Å². The number of nitrogens with one attached hydrogen (secondary N) is 1. The number of methoxy groups -OCH3 is 1. The molecule has 1 fully saturated rings. The lowest BCUT2D eigenvalue weighted by atomic mass is 10.0. The molecule has 2 amide bonds. The number of ether oxygens (including phenoxy) is 2. The quantitative estimate of drug-likeness (QED) is 0.740. The molecule has 1 heterocycles. The fourth-order valence-corrected chi connectivity index (χ4v) is 3.66. The van der Waals surface area contributed by atoms with Crippen LogP contribution >= 0.6 is 0 Å². The van der Waals surface area contributed by atoms with Crippen LogP contribution in [0, 0.1) is 6.92 Å². The molecule has 30 heavy (non-hydrogen) atoms. The predicted molar refractivity (Wildman–Crippen MR) is 110 cm³/mol. The average molecular weight is 410 g/mol. The number of carbonyl (C=O) groups excluding carboxylic acids is 3. The Morgan fingerprint density at radius 2 is 1.73 bits per heavy atom. The molecule has 1 saturated heterocycles. The van der Waals surface area contributed by atoms with Crippen molar-refractivity contribution in [2.24, 2.45) is 0 Å². The molecule has 0 saturated carbocycles. The van der Waals surface area contributed by atoms with Gasteiger partial charge in [0.25, 0.3) is 0 Å². The Morgan fingerprint density at radius 1 is 1.03 bits per heavy atom. The summed E-state index contributed by atoms with van der Waals surface area (Å²) in [6.45, 7) is 1.84. The molecule has 1 aliphatic heterocycles. The Bertz CT molecular complexity index is 882. The van der Waals surface area contributed by atoms with Crippen LogP contribution in [0.15, 0.2) is 54.6 Å². The van der Waals surface area contributed by atoms with E-state index < -0.39 is 18.1 Å². The smallest absolute Gasteiger partial charge is 0.407 e. The van der Waals surface area contributed by atoms with Crippen molar-refractivity contribution in [2.45, 2.75) is 38.5 Å². The van der Waals surface area contributed by atoms with E-state index in [4.69, 9.17) is 9.47 Å². The van der Waals surface area contributed by atoms with E-state index in [1.54, 1.807) is 0 Å². The molecule has 7 heteroatoms. The molecule has 0 bridgehead atoms. The minimum Gasteiger partial charge on any atom is -0.467 e. The first-order valence-corrected chi connectivity index (χ1v) is 9.89. The molecule has 1 unspecified atom stereocenters. The molecular formula is C23H26N2O5. The number of rotatable bonds is 6. The fraction of sp³-hybridized carbons (Fsp3) is 0.348. The zero-order valence-corrected chi connectivity index (χ0v) is 17.2. The molecule has 3 rings (SSSR count). The molecule has 2 aromatic carbocycles. The molecule has 158 valence electrons. The van der Waals surface area contributed by atoms with E-state index in [2.05, 4.69) is 5.32 Å². The van der Waals surface area contributed by atoms with Gasteiger partial charge in [0.05, 0.1) is 13.2 Å². The predicted octanol–water partition coefficient (Wildman–Crippen LogP) is 3.13. The van der Waals surface area contributed by atoms with Crippen molar-refractivity contribution in [3.05, 3.63) is 71.3 Å². The van der Waals surface area contributed by atoms with Gasteiger partial charge in [-0.3, -0.25) is 4.79 Å². The normalized spacial score (nSPS) is 18.0. The summed E-state index contributed by atoms with van der Waals surface area (Å²) < 4.78 is 10.0. The zero-order valence-electron chi connectivity index (χ0n) is 17.2. The summed E-state index contributed by atoms with van der Waals surface area (Å²) in [5, 5.41) is 2.48. The van der Waals surface area contributed by atoms with Gasteiger partial charge in [0.1, 0.15) is 19.2 Å². The minimum atomic E-state index is -0.687. The summed E-state index contributed by atoms with van der Waals surface area (Å²) in [6, 6.07) is 16.2. The van der Waals surface area contributed by atoms with E-state index in [0.717, 1.165) is 16.7 Å². The standard InChI is InChI=1S/C23H26N2O5/c1-16-8-10-18(11-9-16)19-12-13-20(22(27)29-2)25(19)21(26)14-24-23(28)30-15-17-6-4-3-5-7-17/h3-11,19-20H,12-15H2,1-2H3,(H,24,28)/t19?,20-/m0/s1. The maximum Gasteiger partial charge on any atom is 0.407 e. The number of nitrogens with zero attached hydrogens (tertiary/aromatic N) is 1. The highest BCUT2D eigenvalue weighted by atomic mass is 16.5. The number of carbonyl (C=O) groups is 3. The maximum atomic E-state index is 13.0. The SMILES string of the molecule is COC(=O)[C@@H]1CCC(c2ccc(C)cc2)N1C(=O)CNC(=O)OCc1ccccc1. The third-order valence-corrected chi connectivity index (χ3v) is 5.21. The van der Waals surface area contributed by atoms with E-state index in [-0.39, 0.29) is 25.1 Å². The Kier molecular flexibility index (Phi) is 7.06. The molecule has 7 nitrogen and oxygen atoms in total. The van der Waals surface area contributed by atoms with E-state index in [1.807, 2.05) is 61.5 Å². The number of hydrogen-bond donors (Lipinski definition) is 1. The molecule has 1 N–H and O–H groups in total. The van der Waals surface area contributed by atoms with Crippen LogP contribution in [0.2, 0.25) is 0 Å². The molecule has 2 aromatic rings. The van der Waals surface area contributed by atoms with Crippen molar-refractivity contribution < 1.29 is 23.9 Å². The Labute approximate surface area is 176 Å². The number of likely N-dealkylation sites (tertiary alicyclic amines) is 1. The highest BCUT2D eigenvalue weighted by molar-refractivity contribution is 5.88. The van der Waals surface area contributed by atoms with Crippen LogP contribution in [0.5, 0.6) is 0 Å². The van der Waals surface area contributed by atoms with Crippen LogP contribution in [0.3, 0.4) is 0 Å². The number of alkyl carbamates (subject to hydrolysis) is 1. The van der Waals surface area contributed by atoms with Gasteiger partial charge in [0.15, 0.2) is 0 Å². The number of hydrogen-bond acceptors (Lipinski definition) is 5. The Morgan fingerprint density at radius 3 is 2.40 bits per heavy atom. The van der Waals surface area contributed by atoms with Gasteiger partial charge in [-0.15, -0.1) is 0 Å². The topological polar surface area (TPSA) is 84.9 Å². The van der Waals surface area contributed by atoms with Gasteiger partial charge in [0.2, 0.25) is 5.91 Å². The van der Waals surface area contributed by atoms with Gasteiger partial charge in [-0.1, -0.05) is 60.2 Å². The molecular weight excluding hydrogens is 384 g/mol. The van der Waals surface area contributed by atoms with Crippen LogP contribution < -0.4 is 5.32 Å². The van der Waals surface area contributed by atoms with Crippen molar-refractivity contribution in [3.8, 4) is 0 Å². The van der Waals surface area contributed by atoms with Crippen LogP contribution in [0.4, 0.5) is 4.79 Å². The lowest BCUT2D eigenvalue weighted by Crippen LogP contribution is -2.46. The molecule has 0 radical (unpaired) electrons. The largest absolute Gasteiger partial charge is 0.467 e. The molecule has 0 aromatic heterocycles. The zero-order chi connectivity index (χ0) is 21.5. The molecule has 2 atom stereocenters. The van der Waals surface area contributed by atoms with Crippen molar-refractivity contribution in [3.63, 3.8) is 0 Å². The van der Waals surface area contributed by atoms with Crippen molar-refractivity contribution in [1.82, 2.24) is 10.2 Å². The molecule has 0 spiro atoms. The molecule has 1 aliphatic rings. The van der Waals surface area contributed by atoms with Crippen molar-refractivity contribution in [1.29, 1.82) is 0 Å². The number of esters is 1. The number of aryl methyl sites for hydroxylation is 1. The second-order valence-corrected chi connectivity index (χ2v) is 7.26. The van der Waals surface area contributed by atoms with Crippen LogP contribution in [0.25, 0.3) is 0 Å². The summed E-state index contributed by atoms with van der Waals surface area (Å²) in [5.74, 6) is -0.810. The van der Waals surface area contributed by atoms with Gasteiger partial charge >= 0.3 is 12.1 Å². The van der Waals surface area contributed by atoms with Crippen LogP contribution in [0.1, 0.15) is 35.6 Å². The highest BCUT2D eigenvalue weighted by Crippen LogP contribution is 2.36. The third kappa shape index (κ3) is 5.17. The Hall–Kier alpha value is -3.35. The van der Waals surface area contributed by atoms with E-state index in [1.165, 1.54) is 12.0 Å². The van der Waals surface area contributed by atoms with Crippen molar-refractivity contribution >= 4 is 18.0 Å². The fourth-order valence-electron chi connectivity index (χ4n) is 3.66. The summed E-state index contributed by atoms with van der Waals surface area (Å²) in [6.07, 6.45) is 0.468. The second-order valence-electron chi connectivity index (χ2n) is 7.26. The van der Waals surface area contributed by atoms with E-state index in [9.17, 15) is 14.4 Å². The van der Waals surface area contributed by atoms with E-state index in [0.29, 0.717) is 12.8 Å². The summed E-state index contributed by atoms with van der Waals surface area (Å²) in [5.41, 5.74) is 2.91. The number of amides is 2. The Balaban J connectivity index is 1.64. The van der Waals surface area contributed by atoms with Crippen LogP contribution in [-0.4, -0.2) is 42.6 Å². The van der Waals surface area contributed by atoms with E-state index >= 15 is 0 Å². The maximum absolute atomic E-state index is 13.0. The first-order valence-electron chi connectivity index (χ1n) is 9.89. The third-order valence-electron chi connectivity index (χ3n) is 5.21. The van der Waals surface area contributed by atoms with Crippen molar-refractivity contribution in [2.75, 3.05) is 13.7 Å². The lowest BCUT2D eigenvalue weighted by molar-refractivity contribution is -0.152. The van der Waals surface area contributed by atoms with Crippen LogP contribution in [-0.2, 0) is 25.7 Å². The summed E-state index contributed by atoms with van der Waals surface area (Å²) >= 11 is 0. The molecule has 0 aliphatic carbocycles. The van der Waals surface area contributed by atoms with Gasteiger partial charge in [-0.05, 0) is 30.9 Å². The average Bonchev–Trinajstić information content (AvgIpc) is 3.22. The summed E-state index contributed by atoms with van der Waals surface area (Å²) in [4.78, 5) is 38.7. The number of benzene rings is 2.